The number of anilines is 1. The average molecular weight is 392 g/mol. The number of nitrogens with zero attached hydrogens (tertiary/aromatic N) is 3. The van der Waals surface area contributed by atoms with Crippen LogP contribution in [0.1, 0.15) is 30.8 Å². The van der Waals surface area contributed by atoms with E-state index in [2.05, 4.69) is 10.4 Å². The van der Waals surface area contributed by atoms with Gasteiger partial charge in [-0.1, -0.05) is 6.92 Å². The smallest absolute Gasteiger partial charge is 0.359 e. The van der Waals surface area contributed by atoms with Crippen molar-refractivity contribution in [1.29, 1.82) is 0 Å². The lowest BCUT2D eigenvalue weighted by Gasteiger charge is -2.13. The number of halogens is 1. The summed E-state index contributed by atoms with van der Waals surface area (Å²) in [6.45, 7) is 3.44. The first-order valence-corrected chi connectivity index (χ1v) is 8.27. The number of esters is 1. The van der Waals surface area contributed by atoms with E-state index in [-0.39, 0.29) is 16.9 Å². The molecule has 1 heterocycles. The molecule has 1 atom stereocenters. The summed E-state index contributed by atoms with van der Waals surface area (Å²) in [5, 5.41) is 16.9. The zero-order valence-electron chi connectivity index (χ0n) is 15.0. The van der Waals surface area contributed by atoms with Crippen molar-refractivity contribution in [1.82, 2.24) is 9.78 Å². The van der Waals surface area contributed by atoms with Gasteiger partial charge in [-0.05, 0) is 31.5 Å². The molecule has 28 heavy (non-hydrogen) atoms. The molecule has 11 heteroatoms. The van der Waals surface area contributed by atoms with Crippen molar-refractivity contribution in [3.05, 3.63) is 62.3 Å². The minimum absolute atomic E-state index is 0.0318. The second-order valence-corrected chi connectivity index (χ2v) is 5.74. The summed E-state index contributed by atoms with van der Waals surface area (Å²) in [6.07, 6.45) is -0.640. The monoisotopic (exact) mass is 392 g/mol. The summed E-state index contributed by atoms with van der Waals surface area (Å²) >= 11 is 0. The molecule has 1 amide bonds. The van der Waals surface area contributed by atoms with Crippen LogP contribution in [-0.2, 0) is 16.1 Å². The molecule has 10 nitrogen and oxygen atoms in total. The van der Waals surface area contributed by atoms with E-state index < -0.39 is 34.4 Å². The number of carbonyl (C=O) groups excluding carboxylic acids is 2. The summed E-state index contributed by atoms with van der Waals surface area (Å²) in [5.74, 6) is -2.75. The minimum Gasteiger partial charge on any atom is -0.448 e. The lowest BCUT2D eigenvalue weighted by Crippen LogP contribution is -2.31. The maximum Gasteiger partial charge on any atom is 0.359 e. The van der Waals surface area contributed by atoms with E-state index in [1.54, 1.807) is 0 Å². The number of nitro benzene ring substituents is 1. The third-order valence-corrected chi connectivity index (χ3v) is 3.57. The molecule has 0 saturated carbocycles. The van der Waals surface area contributed by atoms with Gasteiger partial charge in [0.05, 0.1) is 4.92 Å². The number of benzene rings is 1. The van der Waals surface area contributed by atoms with Crippen LogP contribution in [0.3, 0.4) is 0 Å². The van der Waals surface area contributed by atoms with Gasteiger partial charge in [-0.3, -0.25) is 19.7 Å². The van der Waals surface area contributed by atoms with Crippen LogP contribution in [0.25, 0.3) is 0 Å². The molecule has 2 rings (SSSR count). The van der Waals surface area contributed by atoms with Gasteiger partial charge in [0.25, 0.3) is 11.5 Å². The molecule has 0 radical (unpaired) electrons. The number of nitro groups is 1. The Kier molecular flexibility index (Phi) is 6.53. The second kappa shape index (κ2) is 8.84. The van der Waals surface area contributed by atoms with Gasteiger partial charge < -0.3 is 10.1 Å². The number of carbonyl (C=O) groups is 2. The van der Waals surface area contributed by atoms with Gasteiger partial charge in [-0.25, -0.2) is 9.48 Å². The highest BCUT2D eigenvalue weighted by atomic mass is 19.1. The first kappa shape index (κ1) is 20.7. The van der Waals surface area contributed by atoms with Crippen LogP contribution in [0.5, 0.6) is 0 Å². The maximum absolute atomic E-state index is 13.3. The van der Waals surface area contributed by atoms with Crippen LogP contribution in [0, 0.1) is 15.9 Å². The first-order valence-electron chi connectivity index (χ1n) is 8.27. The fourth-order valence-electron chi connectivity index (χ4n) is 2.18. The Hall–Kier alpha value is -3.63. The van der Waals surface area contributed by atoms with Crippen molar-refractivity contribution in [2.75, 3.05) is 5.32 Å². The highest BCUT2D eigenvalue weighted by Crippen LogP contribution is 2.21. The summed E-state index contributed by atoms with van der Waals surface area (Å²) in [6, 6.07) is 5.18. The van der Waals surface area contributed by atoms with Crippen molar-refractivity contribution >= 4 is 23.3 Å². The van der Waals surface area contributed by atoms with E-state index in [4.69, 9.17) is 4.74 Å². The highest BCUT2D eigenvalue weighted by molar-refractivity contribution is 5.96. The number of ether oxygens (including phenoxy) is 1. The number of amides is 1. The molecule has 0 spiro atoms. The van der Waals surface area contributed by atoms with E-state index in [1.165, 1.54) is 19.1 Å². The van der Waals surface area contributed by atoms with E-state index in [0.717, 1.165) is 22.9 Å². The predicted molar refractivity (Wildman–Crippen MR) is 95.3 cm³/mol. The number of nitrogens with one attached hydrogen (secondary N) is 1. The Balaban J connectivity index is 2.07. The summed E-state index contributed by atoms with van der Waals surface area (Å²) in [5.41, 5.74) is -1.35. The van der Waals surface area contributed by atoms with Crippen molar-refractivity contribution in [2.24, 2.45) is 0 Å². The fourth-order valence-corrected chi connectivity index (χ4v) is 2.18. The van der Waals surface area contributed by atoms with Crippen LogP contribution < -0.4 is 10.9 Å². The van der Waals surface area contributed by atoms with Crippen molar-refractivity contribution in [3.63, 3.8) is 0 Å². The molecular weight excluding hydrogens is 375 g/mol. The summed E-state index contributed by atoms with van der Waals surface area (Å²) < 4.78 is 19.5. The Bertz CT molecular complexity index is 974. The fraction of sp³-hybridized carbons (Fsp3) is 0.294. The van der Waals surface area contributed by atoms with Gasteiger partial charge in [-0.2, -0.15) is 9.49 Å². The SMILES string of the molecule is CCCn1nc(C(=O)OC(C)C(=O)Nc2ccc(F)c([N+](=O)[O-])c2)ccc1=O. The van der Waals surface area contributed by atoms with Crippen LogP contribution in [0.2, 0.25) is 0 Å². The van der Waals surface area contributed by atoms with Crippen molar-refractivity contribution < 1.29 is 23.6 Å². The largest absolute Gasteiger partial charge is 0.448 e. The van der Waals surface area contributed by atoms with E-state index in [9.17, 15) is 28.9 Å². The Morgan fingerprint density at radius 2 is 2.07 bits per heavy atom. The second-order valence-electron chi connectivity index (χ2n) is 5.74. The zero-order chi connectivity index (χ0) is 20.8. The van der Waals surface area contributed by atoms with Gasteiger partial charge in [0.2, 0.25) is 5.82 Å². The molecule has 1 aromatic heterocycles. The molecule has 0 aliphatic carbocycles. The highest BCUT2D eigenvalue weighted by Gasteiger charge is 2.22. The lowest BCUT2D eigenvalue weighted by atomic mass is 10.2. The van der Waals surface area contributed by atoms with E-state index in [1.807, 2.05) is 6.92 Å². The molecule has 0 saturated heterocycles. The molecule has 2 aromatic rings. The third-order valence-electron chi connectivity index (χ3n) is 3.57. The number of rotatable bonds is 7. The number of aryl methyl sites for hydroxylation is 1. The van der Waals surface area contributed by atoms with E-state index >= 15 is 0 Å². The van der Waals surface area contributed by atoms with Crippen LogP contribution >= 0.6 is 0 Å². The Morgan fingerprint density at radius 1 is 1.36 bits per heavy atom. The molecule has 1 aromatic carbocycles. The topological polar surface area (TPSA) is 133 Å². The zero-order valence-corrected chi connectivity index (χ0v) is 15.0. The first-order chi connectivity index (χ1) is 13.2. The molecule has 0 fully saturated rings. The molecule has 148 valence electrons. The minimum atomic E-state index is -1.27. The average Bonchev–Trinajstić information content (AvgIpc) is 2.64. The maximum atomic E-state index is 13.3. The molecular formula is C17H17FN4O6. The third kappa shape index (κ3) is 4.96. The number of hydrogen-bond donors (Lipinski definition) is 1. The van der Waals surface area contributed by atoms with Crippen LogP contribution in [-0.4, -0.2) is 32.7 Å². The normalized spacial score (nSPS) is 11.5. The van der Waals surface area contributed by atoms with Gasteiger partial charge in [0.15, 0.2) is 11.8 Å². The predicted octanol–water partition coefficient (Wildman–Crippen LogP) is 1.88. The molecule has 0 bridgehead atoms. The van der Waals surface area contributed by atoms with Gasteiger partial charge in [0.1, 0.15) is 0 Å². The van der Waals surface area contributed by atoms with Crippen molar-refractivity contribution in [3.8, 4) is 0 Å². The number of aromatic nitrogens is 2. The number of hydrogen-bond acceptors (Lipinski definition) is 7. The molecule has 1 N–H and O–H groups in total. The van der Waals surface area contributed by atoms with Crippen LogP contribution in [0.4, 0.5) is 15.8 Å². The Labute approximate surface area is 158 Å². The molecule has 0 aliphatic heterocycles. The van der Waals surface area contributed by atoms with Crippen molar-refractivity contribution in [2.45, 2.75) is 32.9 Å². The quantitative estimate of drug-likeness (QED) is 0.432. The van der Waals surface area contributed by atoms with Crippen LogP contribution in [0.15, 0.2) is 35.1 Å². The summed E-state index contributed by atoms with van der Waals surface area (Å²) in [7, 11) is 0. The van der Waals surface area contributed by atoms with E-state index in [0.29, 0.717) is 13.0 Å². The Morgan fingerprint density at radius 3 is 2.71 bits per heavy atom. The standard InChI is InChI=1S/C17H17FN4O6/c1-3-8-21-15(23)7-6-13(20-21)17(25)28-10(2)16(24)19-11-4-5-12(18)14(9-11)22(26)27/h4-7,9-10H,3,8H2,1-2H3,(H,19,24). The van der Waals surface area contributed by atoms with Gasteiger partial charge >= 0.3 is 11.7 Å². The van der Waals surface area contributed by atoms with Gasteiger partial charge in [0, 0.05) is 24.4 Å². The summed E-state index contributed by atoms with van der Waals surface area (Å²) in [4.78, 5) is 45.7. The lowest BCUT2D eigenvalue weighted by molar-refractivity contribution is -0.387. The molecule has 0 aliphatic rings. The molecule has 1 unspecified atom stereocenters. The van der Waals surface area contributed by atoms with Gasteiger partial charge in [-0.15, -0.1) is 0 Å².